The largest absolute Gasteiger partial charge is 0.495 e. The van der Waals surface area contributed by atoms with Crippen molar-refractivity contribution >= 4 is 79.7 Å². The number of carbonyl (C=O) groups excluding carboxylic acids is 3. The Labute approximate surface area is 272 Å². The molecule has 0 spiro atoms. The van der Waals surface area contributed by atoms with E-state index in [-0.39, 0.29) is 22.9 Å². The molecule has 1 N–H and O–H groups in total. The van der Waals surface area contributed by atoms with Gasteiger partial charge < -0.3 is 19.5 Å². The van der Waals surface area contributed by atoms with Crippen LogP contribution in [0.25, 0.3) is 6.08 Å². The molecule has 1 aliphatic heterocycles. The van der Waals surface area contributed by atoms with Crippen LogP contribution in [-0.2, 0) is 22.4 Å². The second kappa shape index (κ2) is 14.1. The minimum Gasteiger partial charge on any atom is -0.495 e. The summed E-state index contributed by atoms with van der Waals surface area (Å²) in [5.41, 5.74) is -0.0891. The van der Waals surface area contributed by atoms with E-state index < -0.39 is 35.3 Å². The predicted molar refractivity (Wildman–Crippen MR) is 165 cm³/mol. The van der Waals surface area contributed by atoms with Gasteiger partial charge in [0.15, 0.2) is 11.5 Å². The molecule has 0 aromatic heterocycles. The molecular weight excluding hydrogens is 712 g/mol. The van der Waals surface area contributed by atoms with Gasteiger partial charge in [-0.3, -0.25) is 19.3 Å². The fourth-order valence-electron chi connectivity index (χ4n) is 3.97. The third kappa shape index (κ3) is 8.00. The fourth-order valence-corrected chi connectivity index (χ4v) is 5.84. The Balaban J connectivity index is 1.50. The molecule has 4 rings (SSSR count). The van der Waals surface area contributed by atoms with E-state index in [0.29, 0.717) is 66.5 Å². The number of benzene rings is 3. The van der Waals surface area contributed by atoms with Crippen molar-refractivity contribution in [3.05, 3.63) is 84.6 Å². The number of amides is 3. The Morgan fingerprint density at radius 3 is 2.48 bits per heavy atom. The number of carbonyl (C=O) groups is 3. The van der Waals surface area contributed by atoms with Gasteiger partial charge >= 0.3 is 6.18 Å². The molecule has 1 heterocycles. The smallest absolute Gasteiger partial charge is 0.416 e. The highest BCUT2D eigenvalue weighted by Crippen LogP contribution is 2.40. The molecule has 3 aromatic rings. The number of nitrogens with zero attached hydrogens (tertiary/aromatic N) is 1. The number of alkyl halides is 3. The summed E-state index contributed by atoms with van der Waals surface area (Å²) in [4.78, 5) is 39.1. The Morgan fingerprint density at radius 2 is 1.82 bits per heavy atom. The molecule has 1 fully saturated rings. The Hall–Kier alpha value is -3.39. The Kier molecular flexibility index (Phi) is 10.8. The second-order valence-corrected chi connectivity index (χ2v) is 11.7. The van der Waals surface area contributed by atoms with Crippen molar-refractivity contribution in [3.63, 3.8) is 0 Å². The van der Waals surface area contributed by atoms with E-state index in [9.17, 15) is 27.6 Å². The maximum Gasteiger partial charge on any atom is 0.416 e. The molecular formula is C29H22BrCl2F3N2O6S. The molecule has 0 radical (unpaired) electrons. The molecule has 0 atom stereocenters. The quantitative estimate of drug-likeness (QED) is 0.209. The number of rotatable bonds is 10. The average molecular weight is 734 g/mol. The van der Waals surface area contributed by atoms with Crippen LogP contribution in [0.1, 0.15) is 23.6 Å². The average Bonchev–Trinajstić information content (AvgIpc) is 3.20. The molecule has 0 unspecified atom stereocenters. The van der Waals surface area contributed by atoms with Crippen molar-refractivity contribution in [3.8, 4) is 17.2 Å². The van der Waals surface area contributed by atoms with Gasteiger partial charge in [0.25, 0.3) is 11.1 Å². The van der Waals surface area contributed by atoms with Gasteiger partial charge in [-0.25, -0.2) is 0 Å². The maximum atomic E-state index is 13.2. The zero-order valence-corrected chi connectivity index (χ0v) is 26.8. The molecule has 15 heteroatoms. The molecule has 0 saturated carbocycles. The van der Waals surface area contributed by atoms with Crippen molar-refractivity contribution in [2.75, 3.05) is 25.6 Å². The van der Waals surface area contributed by atoms with Gasteiger partial charge in [-0.05, 0) is 88.7 Å². The van der Waals surface area contributed by atoms with Crippen molar-refractivity contribution in [1.82, 2.24) is 4.90 Å². The lowest BCUT2D eigenvalue weighted by Gasteiger charge is -2.16. The third-order valence-electron chi connectivity index (χ3n) is 5.99. The summed E-state index contributed by atoms with van der Waals surface area (Å²) in [6.45, 7) is 1.47. The Morgan fingerprint density at radius 1 is 1.07 bits per heavy atom. The first kappa shape index (κ1) is 33.5. The highest BCUT2D eigenvalue weighted by atomic mass is 79.9. The van der Waals surface area contributed by atoms with Gasteiger partial charge in [0.05, 0.1) is 34.3 Å². The molecule has 1 aliphatic rings. The summed E-state index contributed by atoms with van der Waals surface area (Å²) in [6, 6.07) is 10.9. The minimum atomic E-state index is -4.66. The monoisotopic (exact) mass is 732 g/mol. The van der Waals surface area contributed by atoms with Gasteiger partial charge in [-0.1, -0.05) is 29.3 Å². The molecule has 1 saturated heterocycles. The van der Waals surface area contributed by atoms with Crippen LogP contribution >= 0.6 is 50.9 Å². The summed E-state index contributed by atoms with van der Waals surface area (Å²) in [5.74, 6) is -0.941. The normalized spacial score (nSPS) is 14.3. The number of methoxy groups -OCH3 is 1. The van der Waals surface area contributed by atoms with E-state index in [2.05, 4.69) is 21.2 Å². The zero-order valence-electron chi connectivity index (χ0n) is 22.9. The van der Waals surface area contributed by atoms with E-state index in [1.54, 1.807) is 37.3 Å². The van der Waals surface area contributed by atoms with E-state index in [1.807, 2.05) is 0 Å². The van der Waals surface area contributed by atoms with Crippen molar-refractivity contribution in [1.29, 1.82) is 0 Å². The number of hydrogen-bond donors (Lipinski definition) is 1. The summed E-state index contributed by atoms with van der Waals surface area (Å²) < 4.78 is 56.7. The van der Waals surface area contributed by atoms with Crippen LogP contribution in [-0.4, -0.2) is 42.2 Å². The van der Waals surface area contributed by atoms with Crippen LogP contribution in [0.15, 0.2) is 57.9 Å². The van der Waals surface area contributed by atoms with Crippen LogP contribution in [0.4, 0.5) is 23.7 Å². The van der Waals surface area contributed by atoms with E-state index in [0.717, 1.165) is 12.1 Å². The highest BCUT2D eigenvalue weighted by molar-refractivity contribution is 9.10. The lowest BCUT2D eigenvalue weighted by molar-refractivity contribution is -0.137. The summed E-state index contributed by atoms with van der Waals surface area (Å²) in [6.07, 6.45) is -3.21. The van der Waals surface area contributed by atoms with Crippen LogP contribution in [0.5, 0.6) is 17.2 Å². The first-order chi connectivity index (χ1) is 20.8. The molecule has 0 bridgehead atoms. The summed E-state index contributed by atoms with van der Waals surface area (Å²) >= 11 is 16.3. The first-order valence-electron chi connectivity index (χ1n) is 12.6. The third-order valence-corrected chi connectivity index (χ3v) is 8.08. The van der Waals surface area contributed by atoms with Gasteiger partial charge in [0.1, 0.15) is 18.9 Å². The van der Waals surface area contributed by atoms with Gasteiger partial charge in [-0.2, -0.15) is 13.2 Å². The molecule has 3 amide bonds. The number of nitrogens with one attached hydrogen (secondary N) is 1. The van der Waals surface area contributed by atoms with Crippen molar-refractivity contribution in [2.24, 2.45) is 0 Å². The summed E-state index contributed by atoms with van der Waals surface area (Å²) in [5, 5.41) is 2.47. The van der Waals surface area contributed by atoms with Crippen LogP contribution in [0.3, 0.4) is 0 Å². The van der Waals surface area contributed by atoms with E-state index in [1.165, 1.54) is 13.2 Å². The standard InChI is InChI=1S/C29H22BrCl2F3N2O6S/c1-3-42-23-9-15(8-19(30)26(23)43-14-16-4-6-18(31)12-20(16)32)10-24-27(39)37(28(40)44-24)13-25(38)36-21-11-17(29(33,34)35)5-7-22(21)41-2/h4-12H,3,13-14H2,1-2H3,(H,36,38)/b24-10-. The topological polar surface area (TPSA) is 94.2 Å². The first-order valence-corrected chi connectivity index (χ1v) is 15.0. The van der Waals surface area contributed by atoms with Gasteiger partial charge in [0.2, 0.25) is 5.91 Å². The van der Waals surface area contributed by atoms with Crippen molar-refractivity contribution in [2.45, 2.75) is 19.7 Å². The molecule has 8 nitrogen and oxygen atoms in total. The van der Waals surface area contributed by atoms with Crippen LogP contribution < -0.4 is 19.5 Å². The Bertz CT molecular complexity index is 1650. The van der Waals surface area contributed by atoms with Crippen molar-refractivity contribution < 1.29 is 41.8 Å². The molecule has 3 aromatic carbocycles. The number of hydrogen-bond acceptors (Lipinski definition) is 7. The molecule has 232 valence electrons. The molecule has 0 aliphatic carbocycles. The lowest BCUT2D eigenvalue weighted by atomic mass is 10.1. The maximum absolute atomic E-state index is 13.2. The number of halogens is 6. The van der Waals surface area contributed by atoms with Crippen LogP contribution in [0.2, 0.25) is 10.0 Å². The fraction of sp³-hybridized carbons (Fsp3) is 0.207. The van der Waals surface area contributed by atoms with Gasteiger partial charge in [-0.15, -0.1) is 0 Å². The van der Waals surface area contributed by atoms with E-state index >= 15 is 0 Å². The predicted octanol–water partition coefficient (Wildman–Crippen LogP) is 8.44. The number of imide groups is 1. The lowest BCUT2D eigenvalue weighted by Crippen LogP contribution is -2.36. The minimum absolute atomic E-state index is 0.0235. The second-order valence-electron chi connectivity index (χ2n) is 9.02. The SMILES string of the molecule is CCOc1cc(/C=C2\SC(=O)N(CC(=O)Nc3cc(C(F)(F)F)ccc3OC)C2=O)cc(Br)c1OCc1ccc(Cl)cc1Cl. The zero-order chi connectivity index (χ0) is 32.2. The number of ether oxygens (including phenoxy) is 3. The highest BCUT2D eigenvalue weighted by Gasteiger charge is 2.37. The van der Waals surface area contributed by atoms with Gasteiger partial charge in [0, 0.05) is 15.6 Å². The van der Waals surface area contributed by atoms with E-state index in [4.69, 9.17) is 37.4 Å². The molecule has 44 heavy (non-hydrogen) atoms. The number of anilines is 1. The summed E-state index contributed by atoms with van der Waals surface area (Å²) in [7, 11) is 1.22. The van der Waals surface area contributed by atoms with Crippen LogP contribution in [0, 0.1) is 0 Å². The number of thioether (sulfide) groups is 1.